The van der Waals surface area contributed by atoms with Crippen LogP contribution in [0.5, 0.6) is 11.5 Å². The lowest BCUT2D eigenvalue weighted by Gasteiger charge is -2.15. The van der Waals surface area contributed by atoms with Crippen molar-refractivity contribution in [3.63, 3.8) is 0 Å². The number of ether oxygens (including phenoxy) is 2. The maximum Gasteiger partial charge on any atom is 0.264 e. The molecule has 1 saturated heterocycles. The van der Waals surface area contributed by atoms with E-state index in [4.69, 9.17) is 9.47 Å². The fourth-order valence-electron chi connectivity index (χ4n) is 3.36. The summed E-state index contributed by atoms with van der Waals surface area (Å²) in [7, 11) is 0. The number of nitrogens with one attached hydrogen (secondary N) is 1. The van der Waals surface area contributed by atoms with E-state index in [1.165, 1.54) is 17.3 Å². The van der Waals surface area contributed by atoms with E-state index >= 15 is 0 Å². The Morgan fingerprint density at radius 2 is 1.82 bits per heavy atom. The summed E-state index contributed by atoms with van der Waals surface area (Å²) in [5.41, 5.74) is 5.07. The molecule has 1 heterocycles. The van der Waals surface area contributed by atoms with Crippen LogP contribution in [0.1, 0.15) is 29.2 Å². The van der Waals surface area contributed by atoms with E-state index in [1.54, 1.807) is 0 Å². The van der Waals surface area contributed by atoms with Crippen LogP contribution >= 0.6 is 27.7 Å². The minimum Gasteiger partial charge on any atom is -0.490 e. The van der Waals surface area contributed by atoms with Gasteiger partial charge in [-0.15, -0.1) is 0 Å². The molecule has 3 aromatic carbocycles. The molecule has 0 aliphatic carbocycles. The number of hydrogen-bond donors (Lipinski definition) is 1. The van der Waals surface area contributed by atoms with Gasteiger partial charge in [0.1, 0.15) is 6.61 Å². The van der Waals surface area contributed by atoms with E-state index in [9.17, 15) is 4.79 Å². The van der Waals surface area contributed by atoms with Crippen molar-refractivity contribution in [3.8, 4) is 11.5 Å². The standard InChI is InChI=1S/C27H25BrN2O3S/c1-4-32-23-14-19(13-22(28)25(23)33-16-20-8-6-5-7-18(20)3)15-24-26(31)30-27(34-24)29-21-11-9-17(2)10-12-21/h5-15H,4,16H2,1-3H3,(H,29,30,31)/b24-15-. The van der Waals surface area contributed by atoms with E-state index in [-0.39, 0.29) is 5.91 Å². The minimum atomic E-state index is -0.176. The Hall–Kier alpha value is -3.03. The SMILES string of the molecule is CCOc1cc(/C=C2\SC(=Nc3ccc(C)cc3)NC2=O)cc(Br)c1OCc1ccccc1C. The van der Waals surface area contributed by atoms with Crippen LogP contribution in [0.3, 0.4) is 0 Å². The third-order valence-electron chi connectivity index (χ3n) is 5.18. The fourth-order valence-corrected chi connectivity index (χ4v) is 4.78. The normalized spacial score (nSPS) is 15.6. The highest BCUT2D eigenvalue weighted by Crippen LogP contribution is 2.39. The smallest absolute Gasteiger partial charge is 0.264 e. The quantitative estimate of drug-likeness (QED) is 0.332. The fraction of sp³-hybridized carbons (Fsp3) is 0.185. The van der Waals surface area contributed by atoms with E-state index in [2.05, 4.69) is 39.2 Å². The number of halogens is 1. The Kier molecular flexibility index (Phi) is 7.75. The van der Waals surface area contributed by atoms with Crippen molar-refractivity contribution in [2.75, 3.05) is 6.61 Å². The van der Waals surface area contributed by atoms with Crippen LogP contribution < -0.4 is 14.8 Å². The molecule has 0 spiro atoms. The number of aliphatic imine (C=N–C) groups is 1. The zero-order valence-electron chi connectivity index (χ0n) is 19.2. The van der Waals surface area contributed by atoms with Crippen LogP contribution in [0.25, 0.3) is 6.08 Å². The first-order valence-electron chi connectivity index (χ1n) is 10.9. The van der Waals surface area contributed by atoms with Crippen LogP contribution in [0, 0.1) is 13.8 Å². The molecule has 7 heteroatoms. The Morgan fingerprint density at radius 1 is 1.06 bits per heavy atom. The molecule has 174 valence electrons. The van der Waals surface area contributed by atoms with Crippen molar-refractivity contribution < 1.29 is 14.3 Å². The maximum atomic E-state index is 12.5. The first-order chi connectivity index (χ1) is 16.4. The molecule has 3 aromatic rings. The number of hydrogen-bond acceptors (Lipinski definition) is 5. The molecule has 5 nitrogen and oxygen atoms in total. The molecule has 1 N–H and O–H groups in total. The molecule has 0 bridgehead atoms. The lowest BCUT2D eigenvalue weighted by molar-refractivity contribution is -0.115. The first-order valence-corrected chi connectivity index (χ1v) is 12.5. The first kappa shape index (κ1) is 24.1. The zero-order valence-corrected chi connectivity index (χ0v) is 21.6. The molecule has 1 fully saturated rings. The van der Waals surface area contributed by atoms with Crippen molar-refractivity contribution in [3.05, 3.63) is 92.3 Å². The van der Waals surface area contributed by atoms with Gasteiger partial charge in [-0.1, -0.05) is 42.0 Å². The highest BCUT2D eigenvalue weighted by atomic mass is 79.9. The van der Waals surface area contributed by atoms with Gasteiger partial charge in [0.25, 0.3) is 5.91 Å². The molecule has 0 unspecified atom stereocenters. The Balaban J connectivity index is 1.56. The topological polar surface area (TPSA) is 59.9 Å². The third kappa shape index (κ3) is 5.90. The summed E-state index contributed by atoms with van der Waals surface area (Å²) in [5, 5.41) is 3.39. The Morgan fingerprint density at radius 3 is 2.56 bits per heavy atom. The van der Waals surface area contributed by atoms with Crippen LogP contribution in [0.4, 0.5) is 5.69 Å². The van der Waals surface area contributed by atoms with Gasteiger partial charge in [-0.3, -0.25) is 4.79 Å². The number of carbonyl (C=O) groups excluding carboxylic acids is 1. The van der Waals surface area contributed by atoms with Gasteiger partial charge in [0.15, 0.2) is 16.7 Å². The molecule has 1 amide bonds. The van der Waals surface area contributed by atoms with Gasteiger partial charge in [-0.05, 0) is 95.5 Å². The lowest BCUT2D eigenvalue weighted by atomic mass is 10.1. The van der Waals surface area contributed by atoms with Crippen LogP contribution in [-0.4, -0.2) is 17.7 Å². The molecule has 0 saturated carbocycles. The van der Waals surface area contributed by atoms with Crippen LogP contribution in [0.15, 0.2) is 75.0 Å². The second-order valence-electron chi connectivity index (χ2n) is 7.80. The summed E-state index contributed by atoms with van der Waals surface area (Å²) in [6, 6.07) is 19.8. The number of nitrogens with zero attached hydrogens (tertiary/aromatic N) is 1. The van der Waals surface area contributed by atoms with Crippen molar-refractivity contribution >= 4 is 50.5 Å². The molecule has 1 aliphatic rings. The average molecular weight is 537 g/mol. The van der Waals surface area contributed by atoms with Gasteiger partial charge >= 0.3 is 0 Å². The number of benzene rings is 3. The molecule has 0 atom stereocenters. The third-order valence-corrected chi connectivity index (χ3v) is 6.68. The number of carbonyl (C=O) groups is 1. The monoisotopic (exact) mass is 536 g/mol. The maximum absolute atomic E-state index is 12.5. The highest BCUT2D eigenvalue weighted by Gasteiger charge is 2.24. The van der Waals surface area contributed by atoms with Gasteiger partial charge in [-0.2, -0.15) is 0 Å². The van der Waals surface area contributed by atoms with Crippen LogP contribution in [-0.2, 0) is 11.4 Å². The summed E-state index contributed by atoms with van der Waals surface area (Å²) in [6.07, 6.45) is 1.83. The van der Waals surface area contributed by atoms with Gasteiger partial charge in [0, 0.05) is 0 Å². The van der Waals surface area contributed by atoms with Crippen molar-refractivity contribution in [1.29, 1.82) is 0 Å². The second-order valence-corrected chi connectivity index (χ2v) is 9.68. The Labute approximate surface area is 212 Å². The van der Waals surface area contributed by atoms with Gasteiger partial charge in [0.2, 0.25) is 0 Å². The predicted molar refractivity (Wildman–Crippen MR) is 143 cm³/mol. The molecule has 4 rings (SSSR count). The highest BCUT2D eigenvalue weighted by molar-refractivity contribution is 9.10. The van der Waals surface area contributed by atoms with Gasteiger partial charge in [0.05, 0.1) is 21.7 Å². The minimum absolute atomic E-state index is 0.176. The van der Waals surface area contributed by atoms with E-state index < -0.39 is 0 Å². The number of aryl methyl sites for hydroxylation is 2. The van der Waals surface area contributed by atoms with Gasteiger partial charge < -0.3 is 14.8 Å². The van der Waals surface area contributed by atoms with Crippen LogP contribution in [0.2, 0.25) is 0 Å². The summed E-state index contributed by atoms with van der Waals surface area (Å²) in [5.74, 6) is 1.08. The zero-order chi connectivity index (χ0) is 24.1. The predicted octanol–water partition coefficient (Wildman–Crippen LogP) is 6.94. The largest absolute Gasteiger partial charge is 0.490 e. The van der Waals surface area contributed by atoms with E-state index in [1.807, 2.05) is 74.5 Å². The van der Waals surface area contributed by atoms with Crippen molar-refractivity contribution in [2.24, 2.45) is 4.99 Å². The van der Waals surface area contributed by atoms with E-state index in [0.29, 0.717) is 34.8 Å². The molecular weight excluding hydrogens is 512 g/mol. The van der Waals surface area contributed by atoms with E-state index in [0.717, 1.165) is 26.9 Å². The number of rotatable bonds is 7. The molecular formula is C27H25BrN2O3S. The van der Waals surface area contributed by atoms with Crippen molar-refractivity contribution in [2.45, 2.75) is 27.4 Å². The summed E-state index contributed by atoms with van der Waals surface area (Å²) in [6.45, 7) is 6.95. The number of amides is 1. The summed E-state index contributed by atoms with van der Waals surface area (Å²) >= 11 is 4.94. The second kappa shape index (κ2) is 10.9. The number of thioether (sulfide) groups is 1. The molecule has 1 aliphatic heterocycles. The Bertz CT molecular complexity index is 1270. The van der Waals surface area contributed by atoms with Crippen molar-refractivity contribution in [1.82, 2.24) is 5.32 Å². The summed E-state index contributed by atoms with van der Waals surface area (Å²) < 4.78 is 12.8. The molecule has 0 aromatic heterocycles. The van der Waals surface area contributed by atoms with Gasteiger partial charge in [-0.25, -0.2) is 4.99 Å². The number of amidine groups is 1. The summed E-state index contributed by atoms with van der Waals surface area (Å²) in [4.78, 5) is 17.6. The lowest BCUT2D eigenvalue weighted by Crippen LogP contribution is -2.19. The molecule has 0 radical (unpaired) electrons. The molecule has 34 heavy (non-hydrogen) atoms. The average Bonchev–Trinajstić information content (AvgIpc) is 3.14.